The highest BCUT2D eigenvalue weighted by Crippen LogP contribution is 2.33. The van der Waals surface area contributed by atoms with Crippen molar-refractivity contribution in [3.63, 3.8) is 0 Å². The Bertz CT molecular complexity index is 145. The summed E-state index contributed by atoms with van der Waals surface area (Å²) in [5, 5.41) is 9.42. The van der Waals surface area contributed by atoms with Gasteiger partial charge in [0, 0.05) is 18.6 Å². The van der Waals surface area contributed by atoms with Crippen LogP contribution in [0, 0.1) is 10.8 Å². The quantitative estimate of drug-likeness (QED) is 0.693. The topological polar surface area (TPSA) is 46.2 Å². The molecule has 0 aliphatic heterocycles. The zero-order valence-electron chi connectivity index (χ0n) is 10.3. The van der Waals surface area contributed by atoms with Crippen molar-refractivity contribution in [1.29, 1.82) is 0 Å². The molecule has 2 heteroatoms. The van der Waals surface area contributed by atoms with Crippen molar-refractivity contribution in [3.05, 3.63) is 0 Å². The van der Waals surface area contributed by atoms with Crippen LogP contribution in [-0.4, -0.2) is 18.3 Å². The van der Waals surface area contributed by atoms with E-state index in [-0.39, 0.29) is 12.0 Å². The molecule has 1 unspecified atom stereocenters. The van der Waals surface area contributed by atoms with E-state index >= 15 is 0 Å². The number of hydrogen-bond acceptors (Lipinski definition) is 2. The first-order chi connectivity index (χ1) is 6.39. The van der Waals surface area contributed by atoms with Crippen molar-refractivity contribution < 1.29 is 5.11 Å². The fraction of sp³-hybridized carbons (Fsp3) is 1.00. The molecule has 0 radical (unpaired) electrons. The number of hydrogen-bond donors (Lipinski definition) is 2. The predicted octanol–water partition coefficient (Wildman–Crippen LogP) is 2.55. The van der Waals surface area contributed by atoms with Crippen LogP contribution in [0.3, 0.4) is 0 Å². The van der Waals surface area contributed by atoms with Crippen molar-refractivity contribution in [2.45, 2.75) is 53.4 Å². The summed E-state index contributed by atoms with van der Waals surface area (Å²) in [7, 11) is 0. The molecule has 0 saturated carbocycles. The lowest BCUT2D eigenvalue weighted by molar-refractivity contribution is 0.0973. The molecule has 1 atom stereocenters. The number of rotatable bonds is 6. The van der Waals surface area contributed by atoms with E-state index in [0.717, 1.165) is 25.7 Å². The van der Waals surface area contributed by atoms with Crippen molar-refractivity contribution in [1.82, 2.24) is 0 Å². The Hall–Kier alpha value is -0.0800. The molecule has 0 rings (SSSR count). The molecule has 0 aromatic heterocycles. The lowest BCUT2D eigenvalue weighted by atomic mass is 9.75. The molecule has 0 fully saturated rings. The first kappa shape index (κ1) is 13.9. The van der Waals surface area contributed by atoms with Crippen LogP contribution in [0.1, 0.15) is 53.4 Å². The van der Waals surface area contributed by atoms with E-state index in [1.807, 2.05) is 0 Å². The second-order valence-electron chi connectivity index (χ2n) is 5.67. The minimum atomic E-state index is -0.0258. The van der Waals surface area contributed by atoms with E-state index in [4.69, 9.17) is 5.73 Å². The van der Waals surface area contributed by atoms with Gasteiger partial charge in [0.2, 0.25) is 0 Å². The second-order valence-corrected chi connectivity index (χ2v) is 5.67. The summed E-state index contributed by atoms with van der Waals surface area (Å²) in [6, 6.07) is 0. The van der Waals surface area contributed by atoms with Crippen LogP contribution >= 0.6 is 0 Å². The lowest BCUT2D eigenvalue weighted by Crippen LogP contribution is -2.35. The predicted molar refractivity (Wildman–Crippen MR) is 62.2 cm³/mol. The van der Waals surface area contributed by atoms with Gasteiger partial charge in [-0.1, -0.05) is 34.1 Å². The standard InChI is InChI=1S/C12H27NO/c1-5-6-12(9-13,10-14)8-7-11(2,3)4/h14H,5-10,13H2,1-4H3. The zero-order valence-corrected chi connectivity index (χ0v) is 10.3. The Balaban J connectivity index is 4.21. The third-order valence-corrected chi connectivity index (χ3v) is 2.95. The Kier molecular flexibility index (Phi) is 5.68. The highest BCUT2D eigenvalue weighted by Gasteiger charge is 2.28. The van der Waals surface area contributed by atoms with Gasteiger partial charge in [0.15, 0.2) is 0 Å². The summed E-state index contributed by atoms with van der Waals surface area (Å²) in [4.78, 5) is 0. The van der Waals surface area contributed by atoms with Gasteiger partial charge in [-0.05, 0) is 24.7 Å². The average Bonchev–Trinajstić information content (AvgIpc) is 2.11. The average molecular weight is 201 g/mol. The SMILES string of the molecule is CCCC(CN)(CO)CCC(C)(C)C. The molecule has 0 amide bonds. The number of nitrogens with two attached hydrogens (primary N) is 1. The number of aliphatic hydroxyl groups excluding tert-OH is 1. The molecule has 14 heavy (non-hydrogen) atoms. The van der Waals surface area contributed by atoms with E-state index in [1.165, 1.54) is 0 Å². The van der Waals surface area contributed by atoms with Gasteiger partial charge in [0.1, 0.15) is 0 Å². The van der Waals surface area contributed by atoms with E-state index in [0.29, 0.717) is 12.0 Å². The summed E-state index contributed by atoms with van der Waals surface area (Å²) in [6.07, 6.45) is 4.31. The van der Waals surface area contributed by atoms with Crippen LogP contribution in [0.25, 0.3) is 0 Å². The molecule has 0 aliphatic rings. The third-order valence-electron chi connectivity index (χ3n) is 2.95. The normalized spacial score (nSPS) is 16.7. The van der Waals surface area contributed by atoms with E-state index < -0.39 is 0 Å². The molecule has 0 aromatic rings. The second kappa shape index (κ2) is 5.72. The molecule has 3 N–H and O–H groups in total. The Morgan fingerprint density at radius 3 is 1.93 bits per heavy atom. The van der Waals surface area contributed by atoms with Crippen LogP contribution in [0.4, 0.5) is 0 Å². The molecule has 0 bridgehead atoms. The van der Waals surface area contributed by atoms with Gasteiger partial charge >= 0.3 is 0 Å². The van der Waals surface area contributed by atoms with Crippen LogP contribution < -0.4 is 5.73 Å². The maximum atomic E-state index is 9.42. The van der Waals surface area contributed by atoms with Crippen LogP contribution in [-0.2, 0) is 0 Å². The summed E-state index contributed by atoms with van der Waals surface area (Å²) >= 11 is 0. The van der Waals surface area contributed by atoms with Gasteiger partial charge in [-0.25, -0.2) is 0 Å². The summed E-state index contributed by atoms with van der Waals surface area (Å²) in [5.41, 5.74) is 6.08. The smallest absolute Gasteiger partial charge is 0.0499 e. The van der Waals surface area contributed by atoms with E-state index in [2.05, 4.69) is 27.7 Å². The van der Waals surface area contributed by atoms with Gasteiger partial charge in [0.25, 0.3) is 0 Å². The number of aliphatic hydroxyl groups is 1. The van der Waals surface area contributed by atoms with Gasteiger partial charge in [-0.2, -0.15) is 0 Å². The minimum absolute atomic E-state index is 0.0258. The van der Waals surface area contributed by atoms with E-state index in [9.17, 15) is 5.11 Å². The fourth-order valence-corrected chi connectivity index (χ4v) is 1.72. The zero-order chi connectivity index (χ0) is 11.2. The highest BCUT2D eigenvalue weighted by molar-refractivity contribution is 4.81. The lowest BCUT2D eigenvalue weighted by Gasteiger charge is -2.33. The largest absolute Gasteiger partial charge is 0.396 e. The molecular formula is C12H27NO. The summed E-state index contributed by atoms with van der Waals surface area (Å²) in [5.74, 6) is 0. The molecule has 0 aliphatic carbocycles. The first-order valence-electron chi connectivity index (χ1n) is 5.70. The Morgan fingerprint density at radius 1 is 1.07 bits per heavy atom. The first-order valence-corrected chi connectivity index (χ1v) is 5.70. The van der Waals surface area contributed by atoms with Crippen molar-refractivity contribution in [3.8, 4) is 0 Å². The van der Waals surface area contributed by atoms with Crippen LogP contribution in [0.15, 0.2) is 0 Å². The molecule has 0 saturated heterocycles. The monoisotopic (exact) mass is 201 g/mol. The van der Waals surface area contributed by atoms with Crippen LogP contribution in [0.5, 0.6) is 0 Å². The van der Waals surface area contributed by atoms with E-state index in [1.54, 1.807) is 0 Å². The van der Waals surface area contributed by atoms with Crippen molar-refractivity contribution >= 4 is 0 Å². The minimum Gasteiger partial charge on any atom is -0.396 e. The van der Waals surface area contributed by atoms with Gasteiger partial charge in [0.05, 0.1) is 0 Å². The molecule has 0 aromatic carbocycles. The fourth-order valence-electron chi connectivity index (χ4n) is 1.72. The van der Waals surface area contributed by atoms with Crippen LogP contribution in [0.2, 0.25) is 0 Å². The van der Waals surface area contributed by atoms with Crippen molar-refractivity contribution in [2.75, 3.05) is 13.2 Å². The molecular weight excluding hydrogens is 174 g/mol. The van der Waals surface area contributed by atoms with Gasteiger partial charge < -0.3 is 10.8 Å². The Labute approximate surface area is 88.9 Å². The third kappa shape index (κ3) is 4.97. The summed E-state index contributed by atoms with van der Waals surface area (Å²) < 4.78 is 0. The van der Waals surface area contributed by atoms with Crippen molar-refractivity contribution in [2.24, 2.45) is 16.6 Å². The molecule has 0 heterocycles. The Morgan fingerprint density at radius 2 is 1.64 bits per heavy atom. The molecule has 86 valence electrons. The maximum absolute atomic E-state index is 9.42. The molecule has 0 spiro atoms. The maximum Gasteiger partial charge on any atom is 0.0499 e. The highest BCUT2D eigenvalue weighted by atomic mass is 16.3. The van der Waals surface area contributed by atoms with Gasteiger partial charge in [-0.15, -0.1) is 0 Å². The summed E-state index contributed by atoms with van der Waals surface area (Å²) in [6.45, 7) is 9.69. The van der Waals surface area contributed by atoms with Gasteiger partial charge in [-0.3, -0.25) is 0 Å². The molecule has 2 nitrogen and oxygen atoms in total.